The highest BCUT2D eigenvalue weighted by atomic mass is 16.5. The van der Waals surface area contributed by atoms with E-state index in [2.05, 4.69) is 0 Å². The quantitative estimate of drug-likeness (QED) is 0.801. The zero-order valence-corrected chi connectivity index (χ0v) is 12.3. The Balaban J connectivity index is 1.80. The van der Waals surface area contributed by atoms with E-state index in [1.54, 1.807) is 0 Å². The van der Waals surface area contributed by atoms with E-state index in [1.807, 2.05) is 49.1 Å². The second-order valence-corrected chi connectivity index (χ2v) is 6.23. The predicted octanol–water partition coefficient (Wildman–Crippen LogP) is 2.30. The number of amides is 1. The standard InChI is InChI=1S/C17H19NO3/c1-17(2)15(14-10-13(19)8-9-21-14)18(16(17)20)11-12-6-4-3-5-7-12/h3-9,14-15H,10-11H2,1-2H3/t14-,15+/m1/s1. The Morgan fingerprint density at radius 3 is 2.62 bits per heavy atom. The molecule has 2 aliphatic heterocycles. The number of ether oxygens (including phenoxy) is 1. The molecular weight excluding hydrogens is 266 g/mol. The monoisotopic (exact) mass is 285 g/mol. The van der Waals surface area contributed by atoms with Crippen LogP contribution in [0.1, 0.15) is 25.8 Å². The minimum absolute atomic E-state index is 0.0565. The molecule has 4 nitrogen and oxygen atoms in total. The van der Waals surface area contributed by atoms with E-state index in [4.69, 9.17) is 4.74 Å². The molecule has 110 valence electrons. The first kappa shape index (κ1) is 13.9. The van der Waals surface area contributed by atoms with Crippen LogP contribution < -0.4 is 0 Å². The van der Waals surface area contributed by atoms with Crippen molar-refractivity contribution in [3.05, 3.63) is 48.2 Å². The normalized spacial score (nSPS) is 27.2. The van der Waals surface area contributed by atoms with Crippen LogP contribution in [-0.4, -0.2) is 28.7 Å². The van der Waals surface area contributed by atoms with Crippen molar-refractivity contribution in [2.24, 2.45) is 5.41 Å². The zero-order valence-electron chi connectivity index (χ0n) is 12.3. The fourth-order valence-corrected chi connectivity index (χ4v) is 3.28. The van der Waals surface area contributed by atoms with Gasteiger partial charge in [-0.05, 0) is 19.4 Å². The minimum Gasteiger partial charge on any atom is -0.495 e. The lowest BCUT2D eigenvalue weighted by molar-refractivity contribution is -0.182. The van der Waals surface area contributed by atoms with Crippen LogP contribution in [0.3, 0.4) is 0 Å². The van der Waals surface area contributed by atoms with Crippen molar-refractivity contribution < 1.29 is 14.3 Å². The summed E-state index contributed by atoms with van der Waals surface area (Å²) in [5.41, 5.74) is 0.606. The molecule has 0 aromatic heterocycles. The molecule has 1 saturated heterocycles. The first-order valence-corrected chi connectivity index (χ1v) is 7.20. The third kappa shape index (κ3) is 2.35. The van der Waals surface area contributed by atoms with Crippen molar-refractivity contribution in [3.8, 4) is 0 Å². The molecule has 21 heavy (non-hydrogen) atoms. The highest BCUT2D eigenvalue weighted by Gasteiger charge is 2.58. The smallest absolute Gasteiger partial charge is 0.231 e. The van der Waals surface area contributed by atoms with Gasteiger partial charge < -0.3 is 9.64 Å². The largest absolute Gasteiger partial charge is 0.495 e. The van der Waals surface area contributed by atoms with E-state index < -0.39 is 5.41 Å². The first-order valence-electron chi connectivity index (χ1n) is 7.20. The SMILES string of the molecule is CC1(C)C(=O)N(Cc2ccccc2)[C@H]1[C@H]1CC(=O)C=CO1. The lowest BCUT2D eigenvalue weighted by atomic mass is 9.70. The van der Waals surface area contributed by atoms with Crippen LogP contribution >= 0.6 is 0 Å². The lowest BCUT2D eigenvalue weighted by Crippen LogP contribution is -2.70. The van der Waals surface area contributed by atoms with Crippen LogP contribution in [0, 0.1) is 5.41 Å². The molecule has 0 spiro atoms. The first-order chi connectivity index (χ1) is 10.00. The van der Waals surface area contributed by atoms with E-state index in [0.717, 1.165) is 5.56 Å². The fraction of sp³-hybridized carbons (Fsp3) is 0.412. The number of rotatable bonds is 3. The average Bonchev–Trinajstić information content (AvgIpc) is 2.47. The van der Waals surface area contributed by atoms with Gasteiger partial charge in [-0.3, -0.25) is 9.59 Å². The number of nitrogens with zero attached hydrogens (tertiary/aromatic N) is 1. The fourth-order valence-electron chi connectivity index (χ4n) is 3.28. The van der Waals surface area contributed by atoms with Crippen molar-refractivity contribution in [1.82, 2.24) is 4.90 Å². The van der Waals surface area contributed by atoms with Gasteiger partial charge in [-0.1, -0.05) is 30.3 Å². The second-order valence-electron chi connectivity index (χ2n) is 6.23. The second kappa shape index (κ2) is 5.02. The van der Waals surface area contributed by atoms with Gasteiger partial charge in [0.25, 0.3) is 0 Å². The molecule has 1 fully saturated rings. The number of carbonyl (C=O) groups excluding carboxylic acids is 2. The van der Waals surface area contributed by atoms with Crippen LogP contribution in [0.5, 0.6) is 0 Å². The third-order valence-electron chi connectivity index (χ3n) is 4.34. The number of hydrogen-bond acceptors (Lipinski definition) is 3. The molecule has 0 aliphatic carbocycles. The van der Waals surface area contributed by atoms with Gasteiger partial charge in [0.15, 0.2) is 5.78 Å². The van der Waals surface area contributed by atoms with Gasteiger partial charge in [0.2, 0.25) is 5.91 Å². The van der Waals surface area contributed by atoms with E-state index in [0.29, 0.717) is 13.0 Å². The van der Waals surface area contributed by atoms with Crippen molar-refractivity contribution in [2.45, 2.75) is 39.0 Å². The maximum Gasteiger partial charge on any atom is 0.231 e. The number of hydrogen-bond donors (Lipinski definition) is 0. The van der Waals surface area contributed by atoms with E-state index >= 15 is 0 Å². The molecule has 1 aromatic rings. The van der Waals surface area contributed by atoms with Crippen LogP contribution in [0.4, 0.5) is 0 Å². The van der Waals surface area contributed by atoms with Crippen molar-refractivity contribution >= 4 is 11.7 Å². The Morgan fingerprint density at radius 2 is 1.95 bits per heavy atom. The summed E-state index contributed by atoms with van der Waals surface area (Å²) in [5, 5.41) is 0. The highest BCUT2D eigenvalue weighted by Crippen LogP contribution is 2.43. The molecular formula is C17H19NO3. The molecule has 0 bridgehead atoms. The number of carbonyl (C=O) groups is 2. The Morgan fingerprint density at radius 1 is 1.24 bits per heavy atom. The number of likely N-dealkylation sites (tertiary alicyclic amines) is 1. The molecule has 2 heterocycles. The van der Waals surface area contributed by atoms with Crippen LogP contribution in [0.25, 0.3) is 0 Å². The Hall–Kier alpha value is -2.10. The van der Waals surface area contributed by atoms with Crippen LogP contribution in [0.2, 0.25) is 0 Å². The van der Waals surface area contributed by atoms with Gasteiger partial charge in [0.05, 0.1) is 17.7 Å². The average molecular weight is 285 g/mol. The molecule has 2 aliphatic rings. The van der Waals surface area contributed by atoms with Crippen LogP contribution in [-0.2, 0) is 20.9 Å². The summed E-state index contributed by atoms with van der Waals surface area (Å²) in [6.45, 7) is 4.41. The van der Waals surface area contributed by atoms with Crippen molar-refractivity contribution in [1.29, 1.82) is 0 Å². The van der Waals surface area contributed by atoms with Gasteiger partial charge in [0, 0.05) is 19.0 Å². The zero-order chi connectivity index (χ0) is 15.0. The predicted molar refractivity (Wildman–Crippen MR) is 78.2 cm³/mol. The molecule has 1 amide bonds. The number of β-lactam (4-membered cyclic amide) rings is 1. The Kier molecular flexibility index (Phi) is 3.32. The maximum atomic E-state index is 12.4. The summed E-state index contributed by atoms with van der Waals surface area (Å²) >= 11 is 0. The number of ketones is 1. The number of benzene rings is 1. The molecule has 0 unspecified atom stereocenters. The lowest BCUT2D eigenvalue weighted by Gasteiger charge is -2.55. The van der Waals surface area contributed by atoms with E-state index in [1.165, 1.54) is 12.3 Å². The van der Waals surface area contributed by atoms with E-state index in [9.17, 15) is 9.59 Å². The molecule has 0 radical (unpaired) electrons. The Bertz CT molecular complexity index is 591. The van der Waals surface area contributed by atoms with Crippen LogP contribution in [0.15, 0.2) is 42.7 Å². The minimum atomic E-state index is -0.481. The van der Waals surface area contributed by atoms with Gasteiger partial charge in [-0.2, -0.15) is 0 Å². The highest BCUT2D eigenvalue weighted by molar-refractivity contribution is 5.92. The summed E-state index contributed by atoms with van der Waals surface area (Å²) in [6, 6.07) is 9.81. The molecule has 2 atom stereocenters. The van der Waals surface area contributed by atoms with E-state index in [-0.39, 0.29) is 23.8 Å². The third-order valence-corrected chi connectivity index (χ3v) is 4.34. The molecule has 3 rings (SSSR count). The molecule has 4 heteroatoms. The molecule has 1 aromatic carbocycles. The summed E-state index contributed by atoms with van der Waals surface area (Å²) in [4.78, 5) is 25.8. The van der Waals surface area contributed by atoms with Gasteiger partial charge in [0.1, 0.15) is 6.10 Å². The van der Waals surface area contributed by atoms with Gasteiger partial charge in [-0.25, -0.2) is 0 Å². The summed E-state index contributed by atoms with van der Waals surface area (Å²) in [7, 11) is 0. The summed E-state index contributed by atoms with van der Waals surface area (Å²) < 4.78 is 5.61. The topological polar surface area (TPSA) is 46.6 Å². The summed E-state index contributed by atoms with van der Waals surface area (Å²) in [6.07, 6.45) is 2.99. The van der Waals surface area contributed by atoms with Crippen molar-refractivity contribution in [3.63, 3.8) is 0 Å². The Labute approximate surface area is 124 Å². The molecule has 0 N–H and O–H groups in total. The maximum absolute atomic E-state index is 12.4. The van der Waals surface area contributed by atoms with Gasteiger partial charge in [-0.15, -0.1) is 0 Å². The van der Waals surface area contributed by atoms with Crippen molar-refractivity contribution in [2.75, 3.05) is 0 Å². The van der Waals surface area contributed by atoms with Gasteiger partial charge >= 0.3 is 0 Å². The molecule has 0 saturated carbocycles. The number of allylic oxidation sites excluding steroid dienone is 1. The summed E-state index contributed by atoms with van der Waals surface area (Å²) in [5.74, 6) is 0.169.